The maximum atomic E-state index is 12.3. The van der Waals surface area contributed by atoms with Gasteiger partial charge in [0.15, 0.2) is 0 Å². The second-order valence-corrected chi connectivity index (χ2v) is 6.75. The Hall–Kier alpha value is -0.760. The van der Waals surface area contributed by atoms with E-state index in [2.05, 4.69) is 38.1 Å². The second kappa shape index (κ2) is 7.14. The third-order valence-electron chi connectivity index (χ3n) is 4.22. The molecule has 0 amide bonds. The lowest BCUT2D eigenvalue weighted by atomic mass is 9.78. The van der Waals surface area contributed by atoms with Crippen LogP contribution in [0.3, 0.4) is 0 Å². The first-order valence-electron chi connectivity index (χ1n) is 7.41. The van der Waals surface area contributed by atoms with Gasteiger partial charge in [-0.1, -0.05) is 43.9 Å². The predicted molar refractivity (Wildman–Crippen MR) is 82.6 cm³/mol. The van der Waals surface area contributed by atoms with E-state index in [9.17, 15) is 4.79 Å². The summed E-state index contributed by atoms with van der Waals surface area (Å²) in [4.78, 5) is 13.5. The Morgan fingerprint density at radius 3 is 2.68 bits per heavy atom. The zero-order chi connectivity index (χ0) is 13.7. The first-order chi connectivity index (χ1) is 9.19. The molecule has 1 fully saturated rings. The van der Waals surface area contributed by atoms with Gasteiger partial charge in [0.2, 0.25) is 0 Å². The van der Waals surface area contributed by atoms with Crippen LogP contribution in [0.1, 0.15) is 44.6 Å². The van der Waals surface area contributed by atoms with Gasteiger partial charge in [-0.05, 0) is 37.8 Å². The minimum atomic E-state index is 0.330. The van der Waals surface area contributed by atoms with Crippen molar-refractivity contribution < 1.29 is 4.79 Å². The molecule has 104 valence electrons. The molecule has 19 heavy (non-hydrogen) atoms. The van der Waals surface area contributed by atoms with Crippen LogP contribution in [0.4, 0.5) is 0 Å². The largest absolute Gasteiger partial charge is 0.298 e. The zero-order valence-electron chi connectivity index (χ0n) is 12.0. The van der Waals surface area contributed by atoms with Crippen molar-refractivity contribution in [3.8, 4) is 0 Å². The van der Waals surface area contributed by atoms with Crippen molar-refractivity contribution in [1.29, 1.82) is 0 Å². The average molecular weight is 276 g/mol. The smallest absolute Gasteiger partial charge is 0.146 e. The molecule has 0 bridgehead atoms. The number of carbonyl (C=O) groups is 1. The highest BCUT2D eigenvalue weighted by Crippen LogP contribution is 2.32. The van der Waals surface area contributed by atoms with E-state index in [0.717, 1.165) is 18.8 Å². The topological polar surface area (TPSA) is 17.1 Å². The normalized spacial score (nSPS) is 23.3. The molecule has 1 aromatic rings. The maximum Gasteiger partial charge on any atom is 0.146 e. The summed E-state index contributed by atoms with van der Waals surface area (Å²) in [6, 6.07) is 8.45. The van der Waals surface area contributed by atoms with Gasteiger partial charge in [-0.2, -0.15) is 0 Å². The molecule has 1 nitrogen and oxygen atoms in total. The van der Waals surface area contributed by atoms with Crippen LogP contribution in [0.2, 0.25) is 0 Å². The minimum Gasteiger partial charge on any atom is -0.298 e. The van der Waals surface area contributed by atoms with Crippen LogP contribution in [0, 0.1) is 18.8 Å². The van der Waals surface area contributed by atoms with Crippen molar-refractivity contribution in [2.75, 3.05) is 5.75 Å². The van der Waals surface area contributed by atoms with E-state index in [1.165, 1.54) is 29.7 Å². The molecule has 2 rings (SSSR count). The van der Waals surface area contributed by atoms with Crippen LogP contribution < -0.4 is 0 Å². The number of benzene rings is 1. The average Bonchev–Trinajstić information content (AvgIpc) is 2.46. The van der Waals surface area contributed by atoms with Gasteiger partial charge in [0.25, 0.3) is 0 Å². The highest BCUT2D eigenvalue weighted by Gasteiger charge is 2.25. The molecule has 0 saturated heterocycles. The number of ketones is 1. The Bertz CT molecular complexity index is 410. The van der Waals surface area contributed by atoms with Gasteiger partial charge < -0.3 is 0 Å². The van der Waals surface area contributed by atoms with Gasteiger partial charge in [-0.15, -0.1) is 11.8 Å². The van der Waals surface area contributed by atoms with Crippen molar-refractivity contribution in [3.63, 3.8) is 0 Å². The molecule has 1 aliphatic carbocycles. The van der Waals surface area contributed by atoms with Crippen LogP contribution in [-0.4, -0.2) is 11.5 Å². The van der Waals surface area contributed by atoms with Gasteiger partial charge in [0.05, 0.1) is 5.75 Å². The first kappa shape index (κ1) is 14.6. The lowest BCUT2D eigenvalue weighted by Crippen LogP contribution is -2.24. The fourth-order valence-electron chi connectivity index (χ4n) is 2.86. The highest BCUT2D eigenvalue weighted by molar-refractivity contribution is 8.00. The second-order valence-electron chi connectivity index (χ2n) is 5.71. The van der Waals surface area contributed by atoms with Crippen molar-refractivity contribution in [3.05, 3.63) is 29.8 Å². The Balaban J connectivity index is 1.82. The number of rotatable bonds is 5. The van der Waals surface area contributed by atoms with E-state index in [4.69, 9.17) is 0 Å². The number of carbonyl (C=O) groups excluding carboxylic acids is 1. The molecule has 0 spiro atoms. The van der Waals surface area contributed by atoms with E-state index < -0.39 is 0 Å². The molecule has 2 heteroatoms. The number of hydrogen-bond donors (Lipinski definition) is 0. The van der Waals surface area contributed by atoms with E-state index in [-0.39, 0.29) is 0 Å². The summed E-state index contributed by atoms with van der Waals surface area (Å²) in [6.07, 6.45) is 6.04. The zero-order valence-corrected chi connectivity index (χ0v) is 12.8. The predicted octanol–water partition coefficient (Wildman–Crippen LogP) is 4.87. The highest BCUT2D eigenvalue weighted by atomic mass is 32.2. The van der Waals surface area contributed by atoms with Crippen molar-refractivity contribution in [2.45, 2.75) is 50.8 Å². The lowest BCUT2D eigenvalue weighted by molar-refractivity contribution is -0.121. The van der Waals surface area contributed by atoms with Crippen molar-refractivity contribution in [1.82, 2.24) is 0 Å². The van der Waals surface area contributed by atoms with Gasteiger partial charge >= 0.3 is 0 Å². The molecule has 1 aliphatic rings. The van der Waals surface area contributed by atoms with E-state index in [1.807, 2.05) is 0 Å². The summed E-state index contributed by atoms with van der Waals surface area (Å²) in [5, 5.41) is 0. The SMILES string of the molecule is CCC1CCCC(C(=O)CSc2ccc(C)cc2)C1. The Labute approximate surface area is 121 Å². The molecular formula is C17H24OS. The Kier molecular flexibility index (Phi) is 5.50. The number of thioether (sulfide) groups is 1. The quantitative estimate of drug-likeness (QED) is 0.713. The van der Waals surface area contributed by atoms with Crippen LogP contribution in [0.15, 0.2) is 29.2 Å². The molecule has 0 radical (unpaired) electrons. The van der Waals surface area contributed by atoms with Gasteiger partial charge in [-0.25, -0.2) is 0 Å². The Morgan fingerprint density at radius 2 is 2.00 bits per heavy atom. The summed E-state index contributed by atoms with van der Waals surface area (Å²) in [7, 11) is 0. The summed E-state index contributed by atoms with van der Waals surface area (Å²) in [6.45, 7) is 4.34. The molecule has 2 unspecified atom stereocenters. The molecular weight excluding hydrogens is 252 g/mol. The lowest BCUT2D eigenvalue weighted by Gasteiger charge is -2.27. The number of aryl methyl sites for hydroxylation is 1. The van der Waals surface area contributed by atoms with Crippen molar-refractivity contribution >= 4 is 17.5 Å². The maximum absolute atomic E-state index is 12.3. The third-order valence-corrected chi connectivity index (χ3v) is 5.25. The molecule has 0 heterocycles. The van der Waals surface area contributed by atoms with Gasteiger partial charge in [-0.3, -0.25) is 4.79 Å². The summed E-state index contributed by atoms with van der Waals surface area (Å²) in [5.74, 6) is 2.22. The van der Waals surface area contributed by atoms with Gasteiger partial charge in [0, 0.05) is 10.8 Å². The molecule has 2 atom stereocenters. The van der Waals surface area contributed by atoms with Gasteiger partial charge in [0.1, 0.15) is 5.78 Å². The number of Topliss-reactive ketones (excluding diaryl/α,β-unsaturated/α-hetero) is 1. The third kappa shape index (κ3) is 4.38. The molecule has 1 aromatic carbocycles. The molecule has 1 saturated carbocycles. The standard InChI is InChI=1S/C17H24OS/c1-3-14-5-4-6-15(11-14)17(18)12-19-16-9-7-13(2)8-10-16/h7-10,14-15H,3-6,11-12H2,1-2H3. The van der Waals surface area contributed by atoms with E-state index in [0.29, 0.717) is 17.5 Å². The van der Waals surface area contributed by atoms with Crippen LogP contribution >= 0.6 is 11.8 Å². The van der Waals surface area contributed by atoms with Crippen LogP contribution in [-0.2, 0) is 4.79 Å². The summed E-state index contributed by atoms with van der Waals surface area (Å²) in [5.41, 5.74) is 1.27. The molecule has 0 aromatic heterocycles. The van der Waals surface area contributed by atoms with E-state index >= 15 is 0 Å². The molecule has 0 N–H and O–H groups in total. The minimum absolute atomic E-state index is 0.330. The summed E-state index contributed by atoms with van der Waals surface area (Å²) < 4.78 is 0. The summed E-state index contributed by atoms with van der Waals surface area (Å²) >= 11 is 1.69. The van der Waals surface area contributed by atoms with Crippen LogP contribution in [0.5, 0.6) is 0 Å². The number of hydrogen-bond acceptors (Lipinski definition) is 2. The van der Waals surface area contributed by atoms with E-state index in [1.54, 1.807) is 11.8 Å². The monoisotopic (exact) mass is 276 g/mol. The first-order valence-corrected chi connectivity index (χ1v) is 8.39. The fraction of sp³-hybridized carbons (Fsp3) is 0.588. The van der Waals surface area contributed by atoms with Crippen LogP contribution in [0.25, 0.3) is 0 Å². The fourth-order valence-corrected chi connectivity index (χ4v) is 3.73. The Morgan fingerprint density at radius 1 is 1.26 bits per heavy atom. The van der Waals surface area contributed by atoms with Crippen molar-refractivity contribution in [2.24, 2.45) is 11.8 Å². The molecule has 0 aliphatic heterocycles.